The number of aryl methyl sites for hydroxylation is 1. The van der Waals surface area contributed by atoms with Crippen LogP contribution >= 0.6 is 0 Å². The molecule has 0 saturated carbocycles. The molecule has 0 aliphatic carbocycles. The number of nitrogens with two attached hydrogens (primary N) is 1. The lowest BCUT2D eigenvalue weighted by Crippen LogP contribution is -2.31. The lowest BCUT2D eigenvalue weighted by atomic mass is 10.1. The van der Waals surface area contributed by atoms with Crippen molar-refractivity contribution in [2.75, 3.05) is 0 Å². The molecule has 0 spiro atoms. The molecule has 2 aromatic rings. The second-order valence-corrected chi connectivity index (χ2v) is 3.68. The van der Waals surface area contributed by atoms with E-state index in [1.807, 2.05) is 29.9 Å². The Bertz CT molecular complexity index is 437. The minimum atomic E-state index is 0.0161. The van der Waals surface area contributed by atoms with Crippen LogP contribution in [0.15, 0.2) is 36.9 Å². The fourth-order valence-electron chi connectivity index (χ4n) is 1.69. The Kier molecular flexibility index (Phi) is 3.28. The molecule has 0 aliphatic rings. The summed E-state index contributed by atoms with van der Waals surface area (Å²) < 4.78 is 1.96. The van der Waals surface area contributed by atoms with E-state index in [0.29, 0.717) is 0 Å². The zero-order valence-electron chi connectivity index (χ0n) is 9.17. The number of nitrogens with zero attached hydrogens (tertiary/aromatic N) is 3. The summed E-state index contributed by atoms with van der Waals surface area (Å²) in [5.41, 5.74) is 3.97. The van der Waals surface area contributed by atoms with Crippen molar-refractivity contribution in [2.45, 2.75) is 12.5 Å². The van der Waals surface area contributed by atoms with E-state index in [-0.39, 0.29) is 6.04 Å². The van der Waals surface area contributed by atoms with E-state index < -0.39 is 0 Å². The molecule has 0 saturated heterocycles. The van der Waals surface area contributed by atoms with Gasteiger partial charge < -0.3 is 4.57 Å². The first kappa shape index (κ1) is 10.8. The molecule has 1 unspecified atom stereocenters. The maximum Gasteiger partial charge on any atom is 0.127 e. The van der Waals surface area contributed by atoms with Gasteiger partial charge in [-0.2, -0.15) is 0 Å². The molecule has 2 aromatic heterocycles. The smallest absolute Gasteiger partial charge is 0.127 e. The molecule has 5 heteroatoms. The maximum atomic E-state index is 5.56. The van der Waals surface area contributed by atoms with E-state index in [4.69, 9.17) is 5.84 Å². The summed E-state index contributed by atoms with van der Waals surface area (Å²) >= 11 is 0. The van der Waals surface area contributed by atoms with Crippen LogP contribution in [0.2, 0.25) is 0 Å². The van der Waals surface area contributed by atoms with Crippen LogP contribution in [0.25, 0.3) is 0 Å². The summed E-state index contributed by atoms with van der Waals surface area (Å²) in [5.74, 6) is 6.49. The minimum Gasteiger partial charge on any atom is -0.337 e. The molecule has 5 nitrogen and oxygen atoms in total. The predicted molar refractivity (Wildman–Crippen MR) is 61.2 cm³/mol. The SMILES string of the molecule is Cn1ccnc1C(Cc1ccncc1)NN. The van der Waals surface area contributed by atoms with Crippen molar-refractivity contribution < 1.29 is 0 Å². The van der Waals surface area contributed by atoms with Crippen molar-refractivity contribution in [1.82, 2.24) is 20.0 Å². The molecular formula is C11H15N5. The summed E-state index contributed by atoms with van der Waals surface area (Å²) in [7, 11) is 1.96. The van der Waals surface area contributed by atoms with Gasteiger partial charge in [-0.1, -0.05) is 0 Å². The summed E-state index contributed by atoms with van der Waals surface area (Å²) in [6, 6.07) is 3.97. The fraction of sp³-hybridized carbons (Fsp3) is 0.273. The lowest BCUT2D eigenvalue weighted by Gasteiger charge is -2.15. The number of imidazole rings is 1. The number of pyridine rings is 1. The van der Waals surface area contributed by atoms with Gasteiger partial charge in [0.05, 0.1) is 6.04 Å². The van der Waals surface area contributed by atoms with Crippen LogP contribution in [-0.4, -0.2) is 14.5 Å². The molecule has 3 N–H and O–H groups in total. The van der Waals surface area contributed by atoms with E-state index >= 15 is 0 Å². The zero-order chi connectivity index (χ0) is 11.4. The Morgan fingerprint density at radius 2 is 2.12 bits per heavy atom. The van der Waals surface area contributed by atoms with E-state index in [1.54, 1.807) is 18.6 Å². The Morgan fingerprint density at radius 1 is 1.38 bits per heavy atom. The first-order valence-corrected chi connectivity index (χ1v) is 5.13. The summed E-state index contributed by atoms with van der Waals surface area (Å²) in [4.78, 5) is 8.27. The molecule has 16 heavy (non-hydrogen) atoms. The van der Waals surface area contributed by atoms with E-state index in [0.717, 1.165) is 12.2 Å². The molecular weight excluding hydrogens is 202 g/mol. The van der Waals surface area contributed by atoms with Crippen LogP contribution in [0, 0.1) is 0 Å². The average Bonchev–Trinajstić information content (AvgIpc) is 2.74. The van der Waals surface area contributed by atoms with Gasteiger partial charge >= 0.3 is 0 Å². The standard InChI is InChI=1S/C11H15N5/c1-16-7-6-14-11(16)10(15-12)8-9-2-4-13-5-3-9/h2-7,10,15H,8,12H2,1H3. The highest BCUT2D eigenvalue weighted by Gasteiger charge is 2.14. The third-order valence-corrected chi connectivity index (χ3v) is 2.56. The third kappa shape index (κ3) is 2.26. The fourth-order valence-corrected chi connectivity index (χ4v) is 1.69. The number of hydrogen-bond acceptors (Lipinski definition) is 4. The second kappa shape index (κ2) is 4.87. The normalized spacial score (nSPS) is 12.6. The molecule has 0 aromatic carbocycles. The molecule has 0 amide bonds. The van der Waals surface area contributed by atoms with Gasteiger partial charge in [0.25, 0.3) is 0 Å². The molecule has 0 radical (unpaired) electrons. The number of hydrogen-bond donors (Lipinski definition) is 2. The van der Waals surface area contributed by atoms with Gasteiger partial charge in [-0.3, -0.25) is 10.8 Å². The first-order chi connectivity index (χ1) is 7.81. The van der Waals surface area contributed by atoms with Crippen LogP contribution in [-0.2, 0) is 13.5 Å². The highest BCUT2D eigenvalue weighted by Crippen LogP contribution is 2.14. The van der Waals surface area contributed by atoms with Crippen LogP contribution in [0.3, 0.4) is 0 Å². The van der Waals surface area contributed by atoms with Gasteiger partial charge in [0, 0.05) is 31.8 Å². The lowest BCUT2D eigenvalue weighted by molar-refractivity contribution is 0.507. The van der Waals surface area contributed by atoms with Crippen molar-refractivity contribution in [3.8, 4) is 0 Å². The number of aromatic nitrogens is 3. The molecule has 1 atom stereocenters. The molecule has 2 heterocycles. The van der Waals surface area contributed by atoms with Crippen molar-refractivity contribution in [3.05, 3.63) is 48.3 Å². The van der Waals surface area contributed by atoms with Crippen LogP contribution in [0.4, 0.5) is 0 Å². The largest absolute Gasteiger partial charge is 0.337 e. The Balaban J connectivity index is 2.16. The highest BCUT2D eigenvalue weighted by molar-refractivity contribution is 5.14. The van der Waals surface area contributed by atoms with Crippen molar-refractivity contribution in [3.63, 3.8) is 0 Å². The summed E-state index contributed by atoms with van der Waals surface area (Å²) in [5, 5.41) is 0. The predicted octanol–water partition coefficient (Wildman–Crippen LogP) is 0.562. The Labute approximate surface area is 94.3 Å². The second-order valence-electron chi connectivity index (χ2n) is 3.68. The Morgan fingerprint density at radius 3 is 2.69 bits per heavy atom. The quantitative estimate of drug-likeness (QED) is 0.580. The van der Waals surface area contributed by atoms with Crippen LogP contribution in [0.5, 0.6) is 0 Å². The summed E-state index contributed by atoms with van der Waals surface area (Å²) in [6.45, 7) is 0. The van der Waals surface area contributed by atoms with Crippen molar-refractivity contribution in [2.24, 2.45) is 12.9 Å². The maximum absolute atomic E-state index is 5.56. The molecule has 0 fully saturated rings. The van der Waals surface area contributed by atoms with E-state index in [9.17, 15) is 0 Å². The average molecular weight is 217 g/mol. The van der Waals surface area contributed by atoms with Crippen LogP contribution < -0.4 is 11.3 Å². The monoisotopic (exact) mass is 217 g/mol. The van der Waals surface area contributed by atoms with Gasteiger partial charge in [0.1, 0.15) is 5.82 Å². The zero-order valence-corrected chi connectivity index (χ0v) is 9.17. The minimum absolute atomic E-state index is 0.0161. The number of rotatable bonds is 4. The van der Waals surface area contributed by atoms with Gasteiger partial charge in [-0.25, -0.2) is 10.4 Å². The topological polar surface area (TPSA) is 68.8 Å². The summed E-state index contributed by atoms with van der Waals surface area (Å²) in [6.07, 6.45) is 8.03. The van der Waals surface area contributed by atoms with Crippen molar-refractivity contribution in [1.29, 1.82) is 0 Å². The molecule has 0 bridgehead atoms. The van der Waals surface area contributed by atoms with E-state index in [1.165, 1.54) is 5.56 Å². The van der Waals surface area contributed by atoms with Gasteiger partial charge in [0.2, 0.25) is 0 Å². The van der Waals surface area contributed by atoms with Gasteiger partial charge in [0.15, 0.2) is 0 Å². The molecule has 0 aliphatic heterocycles. The van der Waals surface area contributed by atoms with Crippen molar-refractivity contribution >= 4 is 0 Å². The molecule has 84 valence electrons. The number of nitrogens with one attached hydrogen (secondary N) is 1. The molecule has 2 rings (SSSR count). The van der Waals surface area contributed by atoms with E-state index in [2.05, 4.69) is 15.4 Å². The Hall–Kier alpha value is -1.72. The van der Waals surface area contributed by atoms with Gasteiger partial charge in [-0.05, 0) is 24.1 Å². The highest BCUT2D eigenvalue weighted by atomic mass is 15.3. The van der Waals surface area contributed by atoms with Crippen LogP contribution in [0.1, 0.15) is 17.4 Å². The first-order valence-electron chi connectivity index (χ1n) is 5.13. The number of hydrazine groups is 1. The van der Waals surface area contributed by atoms with Gasteiger partial charge in [-0.15, -0.1) is 0 Å². The third-order valence-electron chi connectivity index (χ3n) is 2.56.